The third-order valence-corrected chi connectivity index (χ3v) is 6.20. The van der Waals surface area contributed by atoms with Gasteiger partial charge in [0.2, 0.25) is 0 Å². The lowest BCUT2D eigenvalue weighted by Gasteiger charge is -2.22. The van der Waals surface area contributed by atoms with Gasteiger partial charge in [0.25, 0.3) is 0 Å². The number of hydrogen-bond donors (Lipinski definition) is 0. The molecule has 0 amide bonds. The lowest BCUT2D eigenvalue weighted by atomic mass is 9.95. The van der Waals surface area contributed by atoms with Crippen molar-refractivity contribution in [1.29, 1.82) is 0 Å². The van der Waals surface area contributed by atoms with E-state index in [9.17, 15) is 14.4 Å². The number of benzene rings is 3. The van der Waals surface area contributed by atoms with Crippen LogP contribution in [-0.2, 0) is 23.9 Å². The van der Waals surface area contributed by atoms with E-state index in [1.165, 1.54) is 6.07 Å². The van der Waals surface area contributed by atoms with Gasteiger partial charge in [-0.15, -0.1) is 0 Å². The van der Waals surface area contributed by atoms with E-state index >= 15 is 4.39 Å². The van der Waals surface area contributed by atoms with Crippen LogP contribution in [-0.4, -0.2) is 31.1 Å². The Labute approximate surface area is 240 Å². The lowest BCUT2D eigenvalue weighted by Crippen LogP contribution is -2.26. The molecule has 0 aliphatic rings. The first kappa shape index (κ1) is 31.0. The van der Waals surface area contributed by atoms with Crippen molar-refractivity contribution in [2.75, 3.05) is 13.2 Å². The molecule has 6 nitrogen and oxygen atoms in total. The molecule has 0 N–H and O–H groups in total. The predicted molar refractivity (Wildman–Crippen MR) is 157 cm³/mol. The number of esters is 3. The molecule has 0 aliphatic carbocycles. The van der Waals surface area contributed by atoms with Crippen LogP contribution < -0.4 is 4.74 Å². The van der Waals surface area contributed by atoms with Crippen LogP contribution >= 0.6 is 0 Å². The Balaban J connectivity index is 1.77. The van der Waals surface area contributed by atoms with E-state index < -0.39 is 29.1 Å². The summed E-state index contributed by atoms with van der Waals surface area (Å²) in [5.41, 5.74) is 3.19. The Hall–Kier alpha value is -4.52. The molecule has 0 saturated heterocycles. The molecule has 3 aromatic carbocycles. The normalized spacial score (nSPS) is 11.8. The van der Waals surface area contributed by atoms with Crippen molar-refractivity contribution < 1.29 is 33.0 Å². The van der Waals surface area contributed by atoms with Crippen molar-refractivity contribution in [3.63, 3.8) is 0 Å². The molecule has 0 bridgehead atoms. The summed E-state index contributed by atoms with van der Waals surface area (Å²) in [7, 11) is 0. The maximum absolute atomic E-state index is 15.2. The highest BCUT2D eigenvalue weighted by Gasteiger charge is 2.25. The number of rotatable bonds is 10. The molecule has 0 heterocycles. The van der Waals surface area contributed by atoms with Gasteiger partial charge in [-0.05, 0) is 75.1 Å². The molecule has 0 aliphatic heterocycles. The minimum absolute atomic E-state index is 0.0109. The second-order valence-corrected chi connectivity index (χ2v) is 10.9. The van der Waals surface area contributed by atoms with Crippen LogP contribution in [0.3, 0.4) is 0 Å². The zero-order valence-electron chi connectivity index (χ0n) is 24.1. The fourth-order valence-electron chi connectivity index (χ4n) is 3.71. The number of hydrogen-bond acceptors (Lipinski definition) is 6. The molecule has 3 rings (SSSR count). The SMILES string of the molecule is C=C(C)C(=O)OCC(COC(=O)C(C)(C)C)c1ccc(-c2ccc(-c3ccc(OC(=O)C(=C)C)cc3)c(F)c2)cc1. The van der Waals surface area contributed by atoms with Gasteiger partial charge in [-0.2, -0.15) is 0 Å². The van der Waals surface area contributed by atoms with Crippen LogP contribution in [0.1, 0.15) is 46.1 Å². The number of halogens is 1. The van der Waals surface area contributed by atoms with E-state index in [1.54, 1.807) is 65.0 Å². The molecule has 41 heavy (non-hydrogen) atoms. The van der Waals surface area contributed by atoms with Gasteiger partial charge < -0.3 is 14.2 Å². The minimum Gasteiger partial charge on any atom is -0.464 e. The summed E-state index contributed by atoms with van der Waals surface area (Å²) < 4.78 is 31.2. The van der Waals surface area contributed by atoms with Crippen molar-refractivity contribution in [3.8, 4) is 28.0 Å². The Kier molecular flexibility index (Phi) is 10.0. The molecule has 0 saturated carbocycles. The van der Waals surface area contributed by atoms with Crippen LogP contribution in [0.5, 0.6) is 5.75 Å². The van der Waals surface area contributed by atoms with Crippen molar-refractivity contribution in [3.05, 3.63) is 102 Å². The molecular weight excluding hydrogens is 523 g/mol. The third kappa shape index (κ3) is 8.48. The first-order valence-corrected chi connectivity index (χ1v) is 13.1. The Morgan fingerprint density at radius 1 is 0.756 bits per heavy atom. The fourth-order valence-corrected chi connectivity index (χ4v) is 3.71. The Morgan fingerprint density at radius 3 is 1.83 bits per heavy atom. The van der Waals surface area contributed by atoms with Crippen molar-refractivity contribution in [2.24, 2.45) is 5.41 Å². The van der Waals surface area contributed by atoms with Gasteiger partial charge in [-0.25, -0.2) is 14.0 Å². The molecule has 3 aromatic rings. The first-order chi connectivity index (χ1) is 19.3. The summed E-state index contributed by atoms with van der Waals surface area (Å²) in [6.07, 6.45) is 0. The third-order valence-electron chi connectivity index (χ3n) is 6.20. The number of carbonyl (C=O) groups excluding carboxylic acids is 3. The second kappa shape index (κ2) is 13.2. The molecule has 1 atom stereocenters. The summed E-state index contributed by atoms with van der Waals surface area (Å²) in [5, 5.41) is 0. The highest BCUT2D eigenvalue weighted by Crippen LogP contribution is 2.30. The van der Waals surface area contributed by atoms with E-state index in [1.807, 2.05) is 30.3 Å². The largest absolute Gasteiger partial charge is 0.464 e. The molecule has 0 fully saturated rings. The van der Waals surface area contributed by atoms with Crippen molar-refractivity contribution in [1.82, 2.24) is 0 Å². The fraction of sp³-hybridized carbons (Fsp3) is 0.265. The average Bonchev–Trinajstić information content (AvgIpc) is 2.92. The van der Waals surface area contributed by atoms with Crippen LogP contribution in [0, 0.1) is 11.2 Å². The smallest absolute Gasteiger partial charge is 0.338 e. The van der Waals surface area contributed by atoms with Crippen molar-refractivity contribution >= 4 is 17.9 Å². The minimum atomic E-state index is -0.668. The molecule has 0 radical (unpaired) electrons. The average molecular weight is 559 g/mol. The highest BCUT2D eigenvalue weighted by molar-refractivity contribution is 5.89. The van der Waals surface area contributed by atoms with Crippen LogP contribution in [0.4, 0.5) is 4.39 Å². The van der Waals surface area contributed by atoms with Gasteiger partial charge in [0, 0.05) is 16.7 Å². The maximum atomic E-state index is 15.2. The van der Waals surface area contributed by atoms with E-state index in [0.717, 1.165) is 11.1 Å². The standard InChI is InChI=1S/C34H35FO6/c1-21(2)31(36)39-19-27(20-40-33(38)34(5,6)7)24-10-8-23(9-11-24)26-14-17-29(30(35)18-26)25-12-15-28(16-13-25)41-32(37)22(3)4/h8-18,27H,1,3,19-20H2,2,4-7H3. The molecule has 1 unspecified atom stereocenters. The quantitative estimate of drug-likeness (QED) is 0.146. The van der Waals surface area contributed by atoms with Gasteiger partial charge in [-0.1, -0.05) is 61.7 Å². The van der Waals surface area contributed by atoms with Gasteiger partial charge >= 0.3 is 17.9 Å². The molecule has 0 spiro atoms. The van der Waals surface area contributed by atoms with Gasteiger partial charge in [-0.3, -0.25) is 4.79 Å². The highest BCUT2D eigenvalue weighted by atomic mass is 19.1. The summed E-state index contributed by atoms with van der Waals surface area (Å²) in [6.45, 7) is 15.6. The Morgan fingerprint density at radius 2 is 1.29 bits per heavy atom. The number of ether oxygens (including phenoxy) is 3. The van der Waals surface area contributed by atoms with E-state index in [4.69, 9.17) is 14.2 Å². The van der Waals surface area contributed by atoms with Gasteiger partial charge in [0.1, 0.15) is 24.8 Å². The molecule has 214 valence electrons. The van der Waals surface area contributed by atoms with E-state index in [0.29, 0.717) is 22.4 Å². The van der Waals surface area contributed by atoms with Crippen molar-refractivity contribution in [2.45, 2.75) is 40.5 Å². The van der Waals surface area contributed by atoms with Crippen LogP contribution in [0.25, 0.3) is 22.3 Å². The summed E-state index contributed by atoms with van der Waals surface area (Å²) in [5.74, 6) is -1.85. The van der Waals surface area contributed by atoms with Crippen LogP contribution in [0.2, 0.25) is 0 Å². The molecular formula is C34H35FO6. The van der Waals surface area contributed by atoms with E-state index in [2.05, 4.69) is 13.2 Å². The summed E-state index contributed by atoms with van der Waals surface area (Å²) in [4.78, 5) is 36.0. The molecule has 0 aromatic heterocycles. The van der Waals surface area contributed by atoms with Gasteiger partial charge in [0.15, 0.2) is 0 Å². The monoisotopic (exact) mass is 558 g/mol. The van der Waals surface area contributed by atoms with Crippen LogP contribution in [0.15, 0.2) is 91.0 Å². The Bertz CT molecular complexity index is 1450. The number of carbonyl (C=O) groups is 3. The topological polar surface area (TPSA) is 78.9 Å². The predicted octanol–water partition coefficient (Wildman–Crippen LogP) is 7.43. The van der Waals surface area contributed by atoms with Gasteiger partial charge in [0.05, 0.1) is 11.3 Å². The maximum Gasteiger partial charge on any atom is 0.338 e. The summed E-state index contributed by atoms with van der Waals surface area (Å²) in [6, 6.07) is 18.9. The summed E-state index contributed by atoms with van der Waals surface area (Å²) >= 11 is 0. The molecule has 7 heteroatoms. The lowest BCUT2D eigenvalue weighted by molar-refractivity contribution is -0.154. The zero-order chi connectivity index (χ0) is 30.3. The van der Waals surface area contributed by atoms with E-state index in [-0.39, 0.29) is 30.3 Å². The second-order valence-electron chi connectivity index (χ2n) is 10.9. The first-order valence-electron chi connectivity index (χ1n) is 13.1. The zero-order valence-corrected chi connectivity index (χ0v) is 24.1.